The predicted octanol–water partition coefficient (Wildman–Crippen LogP) is 2.60. The number of nitrogens with zero attached hydrogens (tertiary/aromatic N) is 2. The molecule has 1 amide bonds. The lowest BCUT2D eigenvalue weighted by Gasteiger charge is -2.11. The number of carbonyl (C=O) groups is 2. The third-order valence-corrected chi connectivity index (χ3v) is 5.51. The molecule has 1 aromatic heterocycles. The van der Waals surface area contributed by atoms with Crippen LogP contribution in [0.2, 0.25) is 0 Å². The minimum atomic E-state index is -0.639. The molecule has 8 nitrogen and oxygen atoms in total. The van der Waals surface area contributed by atoms with Gasteiger partial charge in [0.2, 0.25) is 0 Å². The van der Waals surface area contributed by atoms with Crippen molar-refractivity contribution in [2.45, 2.75) is 38.8 Å². The van der Waals surface area contributed by atoms with Gasteiger partial charge in [-0.1, -0.05) is 18.6 Å². The SMILES string of the molecule is COc1cccc(CNC(=O)COC(=O)c2ccc3c(=O)n4c(nc3c2)CCCCC4)c1. The quantitative estimate of drug-likeness (QED) is 0.598. The standard InChI is InChI=1S/C24H25N3O5/c1-31-18-7-5-6-16(12-18)14-25-22(28)15-32-24(30)17-9-10-19-20(13-17)26-21-8-3-2-4-11-27(21)23(19)29/h5-7,9-10,12-13H,2-4,8,11,14-15H2,1H3,(H,25,28). The molecule has 0 atom stereocenters. The molecule has 1 N–H and O–H groups in total. The van der Waals surface area contributed by atoms with Crippen LogP contribution in [0.1, 0.15) is 41.0 Å². The van der Waals surface area contributed by atoms with E-state index >= 15 is 0 Å². The number of benzene rings is 2. The number of amides is 1. The number of hydrogen-bond donors (Lipinski definition) is 1. The maximum Gasteiger partial charge on any atom is 0.338 e. The first kappa shape index (κ1) is 21.5. The topological polar surface area (TPSA) is 99.5 Å². The van der Waals surface area contributed by atoms with Crippen LogP contribution in [0.5, 0.6) is 5.75 Å². The van der Waals surface area contributed by atoms with E-state index in [1.165, 1.54) is 6.07 Å². The van der Waals surface area contributed by atoms with Crippen LogP contribution in [0.15, 0.2) is 47.3 Å². The molecule has 0 unspecified atom stereocenters. The molecule has 0 aliphatic carbocycles. The van der Waals surface area contributed by atoms with Crippen molar-refractivity contribution in [1.82, 2.24) is 14.9 Å². The second-order valence-electron chi connectivity index (χ2n) is 7.73. The molecule has 0 spiro atoms. The Morgan fingerprint density at radius 2 is 2.00 bits per heavy atom. The van der Waals surface area contributed by atoms with Crippen molar-refractivity contribution < 1.29 is 19.1 Å². The van der Waals surface area contributed by atoms with Crippen LogP contribution >= 0.6 is 0 Å². The van der Waals surface area contributed by atoms with E-state index in [0.717, 1.165) is 37.1 Å². The van der Waals surface area contributed by atoms with E-state index in [0.29, 0.717) is 29.7 Å². The molecule has 166 valence electrons. The lowest BCUT2D eigenvalue weighted by molar-refractivity contribution is -0.124. The lowest BCUT2D eigenvalue weighted by Crippen LogP contribution is -2.28. The van der Waals surface area contributed by atoms with Crippen molar-refractivity contribution >= 4 is 22.8 Å². The smallest absolute Gasteiger partial charge is 0.338 e. The van der Waals surface area contributed by atoms with Gasteiger partial charge in [0.25, 0.3) is 11.5 Å². The average molecular weight is 435 g/mol. The summed E-state index contributed by atoms with van der Waals surface area (Å²) in [5.41, 5.74) is 1.52. The number of rotatable bonds is 6. The normalized spacial score (nSPS) is 13.2. The van der Waals surface area contributed by atoms with E-state index in [4.69, 9.17) is 9.47 Å². The molecular formula is C24H25N3O5. The van der Waals surface area contributed by atoms with Gasteiger partial charge in [-0.15, -0.1) is 0 Å². The Bertz CT molecular complexity index is 1220. The molecule has 8 heteroatoms. The highest BCUT2D eigenvalue weighted by atomic mass is 16.5. The van der Waals surface area contributed by atoms with Crippen LogP contribution in [0.25, 0.3) is 10.9 Å². The number of carbonyl (C=O) groups excluding carboxylic acids is 2. The van der Waals surface area contributed by atoms with E-state index in [2.05, 4.69) is 10.3 Å². The Labute approximate surface area is 185 Å². The molecule has 0 saturated heterocycles. The number of nitrogens with one attached hydrogen (secondary N) is 1. The van der Waals surface area contributed by atoms with E-state index in [1.807, 2.05) is 24.3 Å². The van der Waals surface area contributed by atoms with Gasteiger partial charge in [0.1, 0.15) is 11.6 Å². The summed E-state index contributed by atoms with van der Waals surface area (Å²) in [5.74, 6) is 0.399. The summed E-state index contributed by atoms with van der Waals surface area (Å²) in [5, 5.41) is 3.18. The number of esters is 1. The maximum absolute atomic E-state index is 12.8. The molecule has 0 fully saturated rings. The molecule has 4 rings (SSSR count). The summed E-state index contributed by atoms with van der Waals surface area (Å²) < 4.78 is 12.0. The highest BCUT2D eigenvalue weighted by molar-refractivity contribution is 5.95. The molecule has 3 aromatic rings. The van der Waals surface area contributed by atoms with Crippen LogP contribution in [0.3, 0.4) is 0 Å². The van der Waals surface area contributed by atoms with Crippen LogP contribution in [-0.2, 0) is 29.0 Å². The monoisotopic (exact) mass is 435 g/mol. The fourth-order valence-corrected chi connectivity index (χ4v) is 3.79. The second kappa shape index (κ2) is 9.64. The zero-order valence-corrected chi connectivity index (χ0v) is 17.9. The number of methoxy groups -OCH3 is 1. The van der Waals surface area contributed by atoms with Crippen molar-refractivity contribution in [3.05, 3.63) is 69.8 Å². The Kier molecular flexibility index (Phi) is 6.49. The summed E-state index contributed by atoms with van der Waals surface area (Å²) >= 11 is 0. The van der Waals surface area contributed by atoms with Gasteiger partial charge in [0, 0.05) is 19.5 Å². The molecule has 0 radical (unpaired) electrons. The first-order valence-electron chi connectivity index (χ1n) is 10.7. The molecule has 1 aliphatic heterocycles. The highest BCUT2D eigenvalue weighted by Gasteiger charge is 2.16. The zero-order valence-electron chi connectivity index (χ0n) is 17.9. The first-order valence-corrected chi connectivity index (χ1v) is 10.7. The average Bonchev–Trinajstić information content (AvgIpc) is 3.07. The number of aryl methyl sites for hydroxylation is 1. The van der Waals surface area contributed by atoms with Crippen molar-refractivity contribution in [2.24, 2.45) is 0 Å². The van der Waals surface area contributed by atoms with Crippen LogP contribution < -0.4 is 15.6 Å². The molecule has 2 aromatic carbocycles. The van der Waals surface area contributed by atoms with Crippen molar-refractivity contribution in [3.8, 4) is 5.75 Å². The minimum Gasteiger partial charge on any atom is -0.497 e. The lowest BCUT2D eigenvalue weighted by atomic mass is 10.1. The van der Waals surface area contributed by atoms with E-state index in [1.54, 1.807) is 23.8 Å². The van der Waals surface area contributed by atoms with Crippen molar-refractivity contribution in [3.63, 3.8) is 0 Å². The minimum absolute atomic E-state index is 0.0799. The summed E-state index contributed by atoms with van der Waals surface area (Å²) in [6.07, 6.45) is 3.76. The third-order valence-electron chi connectivity index (χ3n) is 5.51. The Morgan fingerprint density at radius 1 is 1.12 bits per heavy atom. The third kappa shape index (κ3) is 4.80. The van der Waals surface area contributed by atoms with Gasteiger partial charge in [-0.2, -0.15) is 0 Å². The van der Waals surface area contributed by atoms with E-state index in [-0.39, 0.29) is 11.1 Å². The van der Waals surface area contributed by atoms with Gasteiger partial charge in [-0.3, -0.25) is 14.2 Å². The number of ether oxygens (including phenoxy) is 2. The number of hydrogen-bond acceptors (Lipinski definition) is 6. The number of aromatic nitrogens is 2. The maximum atomic E-state index is 12.8. The Hall–Kier alpha value is -3.68. The zero-order chi connectivity index (χ0) is 22.5. The molecule has 0 bridgehead atoms. The molecule has 32 heavy (non-hydrogen) atoms. The molecular weight excluding hydrogens is 410 g/mol. The summed E-state index contributed by atoms with van der Waals surface area (Å²) in [7, 11) is 1.58. The Balaban J connectivity index is 1.40. The largest absolute Gasteiger partial charge is 0.497 e. The molecule has 1 aliphatic rings. The first-order chi connectivity index (χ1) is 15.5. The molecule has 2 heterocycles. The van der Waals surface area contributed by atoms with Crippen molar-refractivity contribution in [1.29, 1.82) is 0 Å². The van der Waals surface area contributed by atoms with Crippen LogP contribution in [0.4, 0.5) is 0 Å². The predicted molar refractivity (Wildman–Crippen MR) is 119 cm³/mol. The Morgan fingerprint density at radius 3 is 2.84 bits per heavy atom. The van der Waals surface area contributed by atoms with E-state index in [9.17, 15) is 14.4 Å². The number of fused-ring (bicyclic) bond motifs is 2. The van der Waals surface area contributed by atoms with Crippen LogP contribution in [0, 0.1) is 0 Å². The van der Waals surface area contributed by atoms with E-state index < -0.39 is 18.5 Å². The fraction of sp³-hybridized carbons (Fsp3) is 0.333. The van der Waals surface area contributed by atoms with Gasteiger partial charge in [0.05, 0.1) is 23.6 Å². The van der Waals surface area contributed by atoms with Gasteiger partial charge in [-0.25, -0.2) is 9.78 Å². The van der Waals surface area contributed by atoms with Gasteiger partial charge >= 0.3 is 5.97 Å². The highest BCUT2D eigenvalue weighted by Crippen LogP contribution is 2.17. The van der Waals surface area contributed by atoms with Crippen LogP contribution in [-0.4, -0.2) is 35.1 Å². The van der Waals surface area contributed by atoms with Gasteiger partial charge < -0.3 is 14.8 Å². The van der Waals surface area contributed by atoms with Crippen molar-refractivity contribution in [2.75, 3.05) is 13.7 Å². The second-order valence-corrected chi connectivity index (χ2v) is 7.73. The van der Waals surface area contributed by atoms with Gasteiger partial charge in [-0.05, 0) is 48.7 Å². The summed E-state index contributed by atoms with van der Waals surface area (Å²) in [4.78, 5) is 41.9. The molecule has 0 saturated carbocycles. The summed E-state index contributed by atoms with van der Waals surface area (Å²) in [6, 6.07) is 12.0. The summed E-state index contributed by atoms with van der Waals surface area (Å²) in [6.45, 7) is 0.565. The van der Waals surface area contributed by atoms with Gasteiger partial charge in [0.15, 0.2) is 6.61 Å². The fourth-order valence-electron chi connectivity index (χ4n) is 3.79.